The van der Waals surface area contributed by atoms with Gasteiger partial charge < -0.3 is 20.0 Å². The van der Waals surface area contributed by atoms with Crippen molar-refractivity contribution >= 4 is 43.4 Å². The predicted octanol–water partition coefficient (Wildman–Crippen LogP) is 2.11. The SMILES string of the molecule is [B]OC(=O)CCC(=O)NCCCCC(CC)C(=O)CC(CCCCNC(=O)CCC(=O)OC)C(C)=O. The highest BCUT2D eigenvalue weighted by Crippen LogP contribution is 2.21. The van der Waals surface area contributed by atoms with E-state index in [-0.39, 0.29) is 67.3 Å². The molecule has 0 aliphatic carbocycles. The van der Waals surface area contributed by atoms with Gasteiger partial charge in [0.05, 0.1) is 20.0 Å². The minimum Gasteiger partial charge on any atom is -0.543 e. The van der Waals surface area contributed by atoms with E-state index in [1.165, 1.54) is 14.0 Å². The number of esters is 1. The van der Waals surface area contributed by atoms with Gasteiger partial charge in [-0.15, -0.1) is 0 Å². The molecule has 0 aliphatic heterocycles. The second-order valence-corrected chi connectivity index (χ2v) is 8.84. The standard InChI is InChI=1S/C25H41BN2O8/c1-4-19(9-5-7-15-28-23(32)12-14-25(34)36-26)21(30)17-20(18(2)29)10-6-8-16-27-22(31)11-13-24(33)35-3/h19-20H,4-17H2,1-3H3,(H,27,31)(H,28,32). The van der Waals surface area contributed by atoms with Crippen molar-refractivity contribution in [3.8, 4) is 0 Å². The van der Waals surface area contributed by atoms with Crippen molar-refractivity contribution in [2.24, 2.45) is 11.8 Å². The summed E-state index contributed by atoms with van der Waals surface area (Å²) in [6, 6.07) is 0. The summed E-state index contributed by atoms with van der Waals surface area (Å²) >= 11 is 0. The lowest BCUT2D eigenvalue weighted by molar-refractivity contribution is -0.142. The molecule has 0 aromatic heterocycles. The van der Waals surface area contributed by atoms with E-state index >= 15 is 0 Å². The van der Waals surface area contributed by atoms with Gasteiger partial charge in [-0.25, -0.2) is 0 Å². The fourth-order valence-corrected chi connectivity index (χ4v) is 3.71. The quantitative estimate of drug-likeness (QED) is 0.136. The lowest BCUT2D eigenvalue weighted by atomic mass is 9.85. The molecule has 0 fully saturated rings. The second-order valence-electron chi connectivity index (χ2n) is 8.84. The third-order valence-electron chi connectivity index (χ3n) is 6.05. The number of hydrogen-bond acceptors (Lipinski definition) is 8. The van der Waals surface area contributed by atoms with Crippen LogP contribution in [-0.2, 0) is 38.2 Å². The zero-order valence-corrected chi connectivity index (χ0v) is 21.9. The van der Waals surface area contributed by atoms with Crippen LogP contribution in [0.1, 0.15) is 90.9 Å². The normalized spacial score (nSPS) is 12.2. The summed E-state index contributed by atoms with van der Waals surface area (Å²) < 4.78 is 8.50. The van der Waals surface area contributed by atoms with E-state index in [0.717, 1.165) is 6.42 Å². The third-order valence-corrected chi connectivity index (χ3v) is 6.05. The maximum atomic E-state index is 12.8. The Kier molecular flexibility index (Phi) is 18.9. The molecule has 202 valence electrons. The van der Waals surface area contributed by atoms with E-state index in [0.29, 0.717) is 51.6 Å². The molecule has 0 saturated heterocycles. The zero-order valence-electron chi connectivity index (χ0n) is 21.9. The van der Waals surface area contributed by atoms with Gasteiger partial charge in [-0.05, 0) is 39.0 Å². The Labute approximate surface area is 215 Å². The number of amides is 2. The first-order valence-electron chi connectivity index (χ1n) is 12.7. The van der Waals surface area contributed by atoms with Crippen LogP contribution >= 0.6 is 0 Å². The lowest BCUT2D eigenvalue weighted by Gasteiger charge is -2.18. The number of carbonyl (C=O) groups excluding carboxylic acids is 6. The Morgan fingerprint density at radius 2 is 1.25 bits per heavy atom. The number of nitrogens with one attached hydrogen (secondary N) is 2. The Bertz CT molecular complexity index is 729. The van der Waals surface area contributed by atoms with Gasteiger partial charge in [-0.2, -0.15) is 0 Å². The second kappa shape index (κ2) is 20.5. The van der Waals surface area contributed by atoms with Crippen LogP contribution in [0.5, 0.6) is 0 Å². The van der Waals surface area contributed by atoms with Gasteiger partial charge in [0.25, 0.3) is 5.97 Å². The number of unbranched alkanes of at least 4 members (excludes halogenated alkanes) is 2. The van der Waals surface area contributed by atoms with Crippen molar-refractivity contribution in [2.45, 2.75) is 90.9 Å². The minimum absolute atomic E-state index is 0.0125. The zero-order chi connectivity index (χ0) is 27.3. The summed E-state index contributed by atoms with van der Waals surface area (Å²) in [6.07, 6.45) is 5.08. The van der Waals surface area contributed by atoms with Crippen molar-refractivity contribution in [2.75, 3.05) is 20.2 Å². The first-order valence-corrected chi connectivity index (χ1v) is 12.7. The average molecular weight is 508 g/mol. The number of methoxy groups -OCH3 is 1. The Morgan fingerprint density at radius 3 is 1.69 bits per heavy atom. The number of rotatable bonds is 21. The van der Waals surface area contributed by atoms with E-state index in [2.05, 4.69) is 20.0 Å². The van der Waals surface area contributed by atoms with E-state index in [1.807, 2.05) is 6.92 Å². The Hall–Kier alpha value is -2.72. The first-order chi connectivity index (χ1) is 17.1. The molecule has 36 heavy (non-hydrogen) atoms. The van der Waals surface area contributed by atoms with Crippen LogP contribution in [0.25, 0.3) is 0 Å². The molecule has 11 heteroatoms. The summed E-state index contributed by atoms with van der Waals surface area (Å²) in [6.45, 7) is 4.36. The number of ether oxygens (including phenoxy) is 1. The number of carbonyl (C=O) groups is 6. The van der Waals surface area contributed by atoms with Gasteiger partial charge >= 0.3 is 14.0 Å². The van der Waals surface area contributed by atoms with Gasteiger partial charge in [-0.1, -0.05) is 19.8 Å². The number of ketones is 2. The minimum atomic E-state index is -0.641. The number of hydrogen-bond donors (Lipinski definition) is 2. The molecule has 2 radical (unpaired) electrons. The van der Waals surface area contributed by atoms with Crippen LogP contribution in [-0.4, -0.2) is 63.6 Å². The molecular formula is C25H41BN2O8. The van der Waals surface area contributed by atoms with Crippen LogP contribution in [0.2, 0.25) is 0 Å². The van der Waals surface area contributed by atoms with Crippen molar-refractivity contribution in [3.05, 3.63) is 0 Å². The molecule has 0 aromatic rings. The molecule has 0 saturated carbocycles. The fraction of sp³-hybridized carbons (Fsp3) is 0.760. The molecular weight excluding hydrogens is 467 g/mol. The monoisotopic (exact) mass is 508 g/mol. The lowest BCUT2D eigenvalue weighted by Crippen LogP contribution is -2.26. The highest BCUT2D eigenvalue weighted by molar-refractivity contribution is 6.05. The largest absolute Gasteiger partial charge is 0.543 e. The third kappa shape index (κ3) is 16.8. The molecule has 2 amide bonds. The van der Waals surface area contributed by atoms with Crippen molar-refractivity contribution < 1.29 is 38.2 Å². The first kappa shape index (κ1) is 33.3. The average Bonchev–Trinajstić information content (AvgIpc) is 2.86. The summed E-state index contributed by atoms with van der Waals surface area (Å²) in [7, 11) is 6.00. The van der Waals surface area contributed by atoms with Crippen molar-refractivity contribution in [3.63, 3.8) is 0 Å². The molecule has 0 rings (SSSR count). The highest BCUT2D eigenvalue weighted by Gasteiger charge is 2.23. The molecule has 0 heterocycles. The van der Waals surface area contributed by atoms with E-state index in [4.69, 9.17) is 8.05 Å². The van der Waals surface area contributed by atoms with Gasteiger partial charge in [0.15, 0.2) is 0 Å². The van der Waals surface area contributed by atoms with E-state index in [1.54, 1.807) is 0 Å². The molecule has 0 bridgehead atoms. The topological polar surface area (TPSA) is 145 Å². The Morgan fingerprint density at radius 1 is 0.750 bits per heavy atom. The van der Waals surface area contributed by atoms with Crippen LogP contribution in [0, 0.1) is 11.8 Å². The molecule has 0 aliphatic rings. The van der Waals surface area contributed by atoms with Crippen LogP contribution < -0.4 is 10.6 Å². The maximum Gasteiger partial charge on any atom is 0.378 e. The van der Waals surface area contributed by atoms with Crippen LogP contribution in [0.3, 0.4) is 0 Å². The smallest absolute Gasteiger partial charge is 0.378 e. The fourth-order valence-electron chi connectivity index (χ4n) is 3.71. The molecule has 0 aromatic carbocycles. The molecule has 10 nitrogen and oxygen atoms in total. The highest BCUT2D eigenvalue weighted by atomic mass is 16.5. The molecule has 0 spiro atoms. The Balaban J connectivity index is 4.21. The summed E-state index contributed by atoms with van der Waals surface area (Å²) in [5, 5.41) is 5.46. The van der Waals surface area contributed by atoms with E-state index in [9.17, 15) is 28.8 Å². The van der Waals surface area contributed by atoms with Crippen molar-refractivity contribution in [1.82, 2.24) is 10.6 Å². The van der Waals surface area contributed by atoms with Gasteiger partial charge in [0.1, 0.15) is 11.6 Å². The summed E-state index contributed by atoms with van der Waals surface area (Å²) in [4.78, 5) is 70.2. The van der Waals surface area contributed by atoms with Crippen LogP contribution in [0.4, 0.5) is 0 Å². The molecule has 2 N–H and O–H groups in total. The molecule has 2 atom stereocenters. The predicted molar refractivity (Wildman–Crippen MR) is 134 cm³/mol. The molecule has 2 unspecified atom stereocenters. The van der Waals surface area contributed by atoms with Gasteiger partial charge in [0, 0.05) is 44.2 Å². The van der Waals surface area contributed by atoms with Crippen LogP contribution in [0.15, 0.2) is 0 Å². The maximum absolute atomic E-state index is 12.8. The van der Waals surface area contributed by atoms with Crippen molar-refractivity contribution in [1.29, 1.82) is 0 Å². The van der Waals surface area contributed by atoms with E-state index < -0.39 is 11.9 Å². The summed E-state index contributed by atoms with van der Waals surface area (Å²) in [5.41, 5.74) is 0. The number of Topliss-reactive ketones (excluding diaryl/α,β-unsaturated/α-hetero) is 2. The van der Waals surface area contributed by atoms with Gasteiger partial charge in [-0.3, -0.25) is 28.8 Å². The van der Waals surface area contributed by atoms with Gasteiger partial charge in [0.2, 0.25) is 11.8 Å². The summed E-state index contributed by atoms with van der Waals surface area (Å²) in [5.74, 6) is -1.94.